The summed E-state index contributed by atoms with van der Waals surface area (Å²) in [5, 5.41) is 2.81. The van der Waals surface area contributed by atoms with Crippen LogP contribution in [0.15, 0.2) is 42.5 Å². The summed E-state index contributed by atoms with van der Waals surface area (Å²) >= 11 is 0. The highest BCUT2D eigenvalue weighted by Gasteiger charge is 2.40. The van der Waals surface area contributed by atoms with E-state index in [9.17, 15) is 14.4 Å². The molecule has 0 radical (unpaired) electrons. The monoisotopic (exact) mass is 434 g/mol. The minimum atomic E-state index is -0.502. The summed E-state index contributed by atoms with van der Waals surface area (Å²) < 4.78 is 5.38. The van der Waals surface area contributed by atoms with Crippen LogP contribution in [0.5, 0.6) is 0 Å². The number of carbonyl (C=O) groups excluding carboxylic acids is 3. The molecule has 6 heteroatoms. The van der Waals surface area contributed by atoms with E-state index in [2.05, 4.69) is 5.32 Å². The molecule has 6 nitrogen and oxygen atoms in total. The van der Waals surface area contributed by atoms with Crippen molar-refractivity contribution >= 4 is 29.2 Å². The molecule has 2 aromatic carbocycles. The van der Waals surface area contributed by atoms with Gasteiger partial charge in [0, 0.05) is 17.9 Å². The molecule has 0 aromatic heterocycles. The van der Waals surface area contributed by atoms with Crippen LogP contribution in [0.2, 0.25) is 0 Å². The summed E-state index contributed by atoms with van der Waals surface area (Å²) in [6.45, 7) is 4.21. The predicted octanol–water partition coefficient (Wildman–Crippen LogP) is 4.18. The van der Waals surface area contributed by atoms with E-state index in [-0.39, 0.29) is 18.4 Å². The fourth-order valence-corrected chi connectivity index (χ4v) is 4.79. The highest BCUT2D eigenvalue weighted by molar-refractivity contribution is 5.99. The number of anilines is 2. The lowest BCUT2D eigenvalue weighted by molar-refractivity contribution is -0.156. The van der Waals surface area contributed by atoms with E-state index in [1.165, 1.54) is 5.56 Å². The van der Waals surface area contributed by atoms with Gasteiger partial charge >= 0.3 is 5.97 Å². The summed E-state index contributed by atoms with van der Waals surface area (Å²) in [7, 11) is 0. The van der Waals surface area contributed by atoms with Crippen LogP contribution >= 0.6 is 0 Å². The highest BCUT2D eigenvalue weighted by Crippen LogP contribution is 2.36. The van der Waals surface area contributed by atoms with E-state index in [1.54, 1.807) is 0 Å². The van der Waals surface area contributed by atoms with Gasteiger partial charge in [-0.05, 0) is 61.9 Å². The standard InChI is InChI=1S/C26H30N2O4/c1-17-8-7-12-22(18(17)2)27-24(29)16-32-26(31)21-11-5-4-10-20(21)25(30)28-15-14-19-9-3-6-13-23(19)28/h3,6-9,12-13,20-21H,4-5,10-11,14-16H2,1-2H3,(H,27,29)/t20-,21+/m0/s1. The third-order valence-electron chi connectivity index (χ3n) is 6.76. The largest absolute Gasteiger partial charge is 0.455 e. The molecule has 1 heterocycles. The predicted molar refractivity (Wildman–Crippen MR) is 123 cm³/mol. The molecule has 1 N–H and O–H groups in total. The van der Waals surface area contributed by atoms with Gasteiger partial charge in [-0.1, -0.05) is 43.2 Å². The number of nitrogens with zero attached hydrogens (tertiary/aromatic N) is 1. The molecule has 0 unspecified atom stereocenters. The molecular weight excluding hydrogens is 404 g/mol. The van der Waals surface area contributed by atoms with Crippen molar-refractivity contribution in [2.45, 2.75) is 46.0 Å². The van der Waals surface area contributed by atoms with Gasteiger partial charge in [-0.2, -0.15) is 0 Å². The SMILES string of the molecule is Cc1cccc(NC(=O)COC(=O)[C@@H]2CCCC[C@@H]2C(=O)N2CCc3ccccc32)c1C. The molecule has 1 saturated carbocycles. The number of amides is 2. The molecule has 168 valence electrons. The third kappa shape index (κ3) is 4.54. The number of para-hydroxylation sites is 1. The molecule has 2 atom stereocenters. The Bertz CT molecular complexity index is 1030. The van der Waals surface area contributed by atoms with Gasteiger partial charge < -0.3 is 15.0 Å². The number of rotatable bonds is 5. The van der Waals surface area contributed by atoms with E-state index in [4.69, 9.17) is 4.74 Å². The number of esters is 1. The molecular formula is C26H30N2O4. The summed E-state index contributed by atoms with van der Waals surface area (Å²) in [6, 6.07) is 13.6. The minimum absolute atomic E-state index is 0.00330. The van der Waals surface area contributed by atoms with E-state index in [0.717, 1.165) is 36.1 Å². The van der Waals surface area contributed by atoms with Crippen molar-refractivity contribution in [2.75, 3.05) is 23.4 Å². The van der Waals surface area contributed by atoms with E-state index in [1.807, 2.05) is 61.2 Å². The molecule has 1 aliphatic heterocycles. The maximum absolute atomic E-state index is 13.4. The number of ether oxygens (including phenoxy) is 1. The lowest BCUT2D eigenvalue weighted by Gasteiger charge is -2.32. The van der Waals surface area contributed by atoms with Crippen LogP contribution in [0, 0.1) is 25.7 Å². The normalized spacial score (nSPS) is 19.9. The molecule has 4 rings (SSSR count). The van der Waals surface area contributed by atoms with Crippen molar-refractivity contribution in [1.29, 1.82) is 0 Å². The van der Waals surface area contributed by atoms with Gasteiger partial charge in [-0.3, -0.25) is 14.4 Å². The Morgan fingerprint density at radius 1 is 1.00 bits per heavy atom. The molecule has 1 aliphatic carbocycles. The zero-order valence-electron chi connectivity index (χ0n) is 18.7. The van der Waals surface area contributed by atoms with Gasteiger partial charge in [0.1, 0.15) is 0 Å². The molecule has 32 heavy (non-hydrogen) atoms. The van der Waals surface area contributed by atoms with E-state index in [0.29, 0.717) is 25.1 Å². The smallest absolute Gasteiger partial charge is 0.310 e. The minimum Gasteiger partial charge on any atom is -0.455 e. The van der Waals surface area contributed by atoms with Gasteiger partial charge in [0.25, 0.3) is 5.91 Å². The van der Waals surface area contributed by atoms with Gasteiger partial charge in [0.05, 0.1) is 11.8 Å². The summed E-state index contributed by atoms with van der Waals surface area (Å²) in [6.07, 6.45) is 3.93. The third-order valence-corrected chi connectivity index (χ3v) is 6.76. The first-order chi connectivity index (χ1) is 15.5. The Morgan fingerprint density at radius 2 is 1.75 bits per heavy atom. The Balaban J connectivity index is 1.38. The number of nitrogens with one attached hydrogen (secondary N) is 1. The zero-order chi connectivity index (χ0) is 22.7. The van der Waals surface area contributed by atoms with Gasteiger partial charge in [-0.15, -0.1) is 0 Å². The summed E-state index contributed by atoms with van der Waals surface area (Å²) in [4.78, 5) is 40.4. The molecule has 2 aliphatic rings. The molecule has 0 spiro atoms. The average molecular weight is 435 g/mol. The topological polar surface area (TPSA) is 75.7 Å². The van der Waals surface area contributed by atoms with Crippen LogP contribution in [0.25, 0.3) is 0 Å². The highest BCUT2D eigenvalue weighted by atomic mass is 16.5. The van der Waals surface area contributed by atoms with Crippen molar-refractivity contribution in [3.8, 4) is 0 Å². The van der Waals surface area contributed by atoms with Crippen molar-refractivity contribution in [3.63, 3.8) is 0 Å². The fourth-order valence-electron chi connectivity index (χ4n) is 4.79. The number of hydrogen-bond donors (Lipinski definition) is 1. The van der Waals surface area contributed by atoms with Crippen molar-refractivity contribution < 1.29 is 19.1 Å². The van der Waals surface area contributed by atoms with Crippen molar-refractivity contribution in [2.24, 2.45) is 11.8 Å². The number of aryl methyl sites for hydroxylation is 1. The Hall–Kier alpha value is -3.15. The van der Waals surface area contributed by atoms with Crippen LogP contribution in [-0.2, 0) is 25.5 Å². The molecule has 0 saturated heterocycles. The fraction of sp³-hybridized carbons (Fsp3) is 0.423. The number of benzene rings is 2. The maximum Gasteiger partial charge on any atom is 0.310 e. The molecule has 2 aromatic rings. The zero-order valence-corrected chi connectivity index (χ0v) is 18.7. The van der Waals surface area contributed by atoms with E-state index >= 15 is 0 Å². The first-order valence-electron chi connectivity index (χ1n) is 11.4. The second kappa shape index (κ2) is 9.55. The van der Waals surface area contributed by atoms with Crippen LogP contribution in [0.3, 0.4) is 0 Å². The lowest BCUT2D eigenvalue weighted by Crippen LogP contribution is -2.42. The maximum atomic E-state index is 13.4. The van der Waals surface area contributed by atoms with Gasteiger partial charge in [0.2, 0.25) is 5.91 Å². The van der Waals surface area contributed by atoms with Crippen LogP contribution in [0.4, 0.5) is 11.4 Å². The lowest BCUT2D eigenvalue weighted by atomic mass is 9.78. The van der Waals surface area contributed by atoms with E-state index < -0.39 is 17.8 Å². The second-order valence-electron chi connectivity index (χ2n) is 8.77. The average Bonchev–Trinajstić information content (AvgIpc) is 3.24. The van der Waals surface area contributed by atoms with Gasteiger partial charge in [-0.25, -0.2) is 0 Å². The number of fused-ring (bicyclic) bond motifs is 1. The Labute approximate surface area is 188 Å². The van der Waals surface area contributed by atoms with Crippen LogP contribution < -0.4 is 10.2 Å². The van der Waals surface area contributed by atoms with Crippen molar-refractivity contribution in [1.82, 2.24) is 0 Å². The van der Waals surface area contributed by atoms with Crippen LogP contribution in [0.1, 0.15) is 42.4 Å². The number of hydrogen-bond acceptors (Lipinski definition) is 4. The summed E-state index contributed by atoms with van der Waals surface area (Å²) in [5.41, 5.74) is 4.88. The van der Waals surface area contributed by atoms with Crippen LogP contribution in [-0.4, -0.2) is 30.9 Å². The quantitative estimate of drug-likeness (QED) is 0.717. The first kappa shape index (κ1) is 22.1. The molecule has 2 amide bonds. The number of carbonyl (C=O) groups is 3. The Morgan fingerprint density at radius 3 is 2.56 bits per heavy atom. The second-order valence-corrected chi connectivity index (χ2v) is 8.77. The molecule has 1 fully saturated rings. The first-order valence-corrected chi connectivity index (χ1v) is 11.4. The van der Waals surface area contributed by atoms with Gasteiger partial charge in [0.15, 0.2) is 6.61 Å². The van der Waals surface area contributed by atoms with Crippen molar-refractivity contribution in [3.05, 3.63) is 59.2 Å². The summed E-state index contributed by atoms with van der Waals surface area (Å²) in [5.74, 6) is -1.73. The Kier molecular flexibility index (Phi) is 6.58. The molecule has 0 bridgehead atoms.